The second-order valence-electron chi connectivity index (χ2n) is 4.23. The Balaban J connectivity index is 1.98. The van der Waals surface area contributed by atoms with Crippen LogP contribution in [0.1, 0.15) is 22.4 Å². The molecule has 0 amide bonds. The minimum atomic E-state index is 0.176. The molecule has 18 heavy (non-hydrogen) atoms. The summed E-state index contributed by atoms with van der Waals surface area (Å²) in [5.41, 5.74) is 4.40. The average Bonchev–Trinajstić information content (AvgIpc) is 2.99. The Hall–Kier alpha value is -0.330. The van der Waals surface area contributed by atoms with Crippen LogP contribution in [0.25, 0.3) is 0 Å². The normalized spacial score (nSPS) is 19.8. The minimum absolute atomic E-state index is 0.176. The lowest BCUT2D eigenvalue weighted by Gasteiger charge is -2.22. The van der Waals surface area contributed by atoms with Gasteiger partial charge in [0.05, 0.1) is 6.04 Å². The molecule has 1 aliphatic heterocycles. The molecule has 1 aliphatic rings. The van der Waals surface area contributed by atoms with Crippen LogP contribution in [-0.2, 0) is 0 Å². The van der Waals surface area contributed by atoms with Crippen LogP contribution < -0.4 is 11.3 Å². The van der Waals surface area contributed by atoms with E-state index in [1.54, 1.807) is 11.3 Å². The van der Waals surface area contributed by atoms with Crippen molar-refractivity contribution in [2.24, 2.45) is 5.84 Å². The van der Waals surface area contributed by atoms with Crippen LogP contribution >= 0.6 is 39.0 Å². The molecule has 0 fully saturated rings. The second-order valence-corrected chi connectivity index (χ2v) is 7.10. The molecule has 2 nitrogen and oxygen atoms in total. The van der Waals surface area contributed by atoms with Crippen molar-refractivity contribution >= 4 is 39.0 Å². The van der Waals surface area contributed by atoms with E-state index in [0.29, 0.717) is 5.92 Å². The number of halogens is 1. The topological polar surface area (TPSA) is 38.0 Å². The number of thioether (sulfide) groups is 1. The number of nitrogens with two attached hydrogens (primary N) is 1. The fourth-order valence-electron chi connectivity index (χ4n) is 2.37. The summed E-state index contributed by atoms with van der Waals surface area (Å²) >= 11 is 7.26. The van der Waals surface area contributed by atoms with Gasteiger partial charge in [0, 0.05) is 25.9 Å². The van der Waals surface area contributed by atoms with Crippen LogP contribution in [0.15, 0.2) is 45.1 Å². The van der Waals surface area contributed by atoms with Crippen LogP contribution in [0, 0.1) is 0 Å². The summed E-state index contributed by atoms with van der Waals surface area (Å²) in [5.74, 6) is 7.31. The third-order valence-electron chi connectivity index (χ3n) is 3.25. The van der Waals surface area contributed by atoms with Gasteiger partial charge in [-0.2, -0.15) is 0 Å². The summed E-state index contributed by atoms with van der Waals surface area (Å²) in [6, 6.07) is 10.9. The number of hydrogen-bond donors (Lipinski definition) is 2. The van der Waals surface area contributed by atoms with Crippen molar-refractivity contribution in [3.63, 3.8) is 0 Å². The van der Waals surface area contributed by atoms with Gasteiger partial charge in [-0.25, -0.2) is 0 Å². The average molecular weight is 341 g/mol. The van der Waals surface area contributed by atoms with E-state index >= 15 is 0 Å². The van der Waals surface area contributed by atoms with Gasteiger partial charge in [-0.1, -0.05) is 18.2 Å². The molecule has 2 unspecified atom stereocenters. The van der Waals surface area contributed by atoms with Gasteiger partial charge < -0.3 is 0 Å². The minimum Gasteiger partial charge on any atom is -0.271 e. The molecule has 2 atom stereocenters. The van der Waals surface area contributed by atoms with Crippen LogP contribution in [0.4, 0.5) is 0 Å². The van der Waals surface area contributed by atoms with E-state index in [4.69, 9.17) is 5.84 Å². The Labute approximate surface area is 123 Å². The van der Waals surface area contributed by atoms with E-state index in [2.05, 4.69) is 57.1 Å². The van der Waals surface area contributed by atoms with Gasteiger partial charge in [0.2, 0.25) is 0 Å². The Morgan fingerprint density at radius 2 is 2.17 bits per heavy atom. The lowest BCUT2D eigenvalue weighted by atomic mass is 9.93. The predicted molar refractivity (Wildman–Crippen MR) is 82.0 cm³/mol. The van der Waals surface area contributed by atoms with Crippen LogP contribution in [0.3, 0.4) is 0 Å². The first-order valence-electron chi connectivity index (χ1n) is 5.72. The number of thiophene rings is 1. The smallest absolute Gasteiger partial charge is 0.0641 e. The van der Waals surface area contributed by atoms with E-state index < -0.39 is 0 Å². The van der Waals surface area contributed by atoms with Crippen molar-refractivity contribution in [3.8, 4) is 0 Å². The fourth-order valence-corrected chi connectivity index (χ4v) is 5.40. The fraction of sp³-hybridized carbons (Fsp3) is 0.231. The maximum atomic E-state index is 5.80. The molecule has 2 heterocycles. The van der Waals surface area contributed by atoms with E-state index in [1.165, 1.54) is 15.3 Å². The van der Waals surface area contributed by atoms with Gasteiger partial charge >= 0.3 is 0 Å². The van der Waals surface area contributed by atoms with Gasteiger partial charge in [0.15, 0.2) is 0 Å². The summed E-state index contributed by atoms with van der Waals surface area (Å²) in [5, 5.41) is 2.09. The highest BCUT2D eigenvalue weighted by atomic mass is 79.9. The van der Waals surface area contributed by atoms with Crippen molar-refractivity contribution in [2.45, 2.75) is 16.9 Å². The number of benzene rings is 1. The monoisotopic (exact) mass is 340 g/mol. The van der Waals surface area contributed by atoms with Gasteiger partial charge in [-0.05, 0) is 39.0 Å². The molecule has 0 radical (unpaired) electrons. The lowest BCUT2D eigenvalue weighted by molar-refractivity contribution is 0.491. The summed E-state index contributed by atoms with van der Waals surface area (Å²) in [7, 11) is 0. The first-order chi connectivity index (χ1) is 8.81. The Morgan fingerprint density at radius 1 is 1.33 bits per heavy atom. The van der Waals surface area contributed by atoms with Crippen molar-refractivity contribution in [1.82, 2.24) is 5.43 Å². The highest BCUT2D eigenvalue weighted by molar-refractivity contribution is 9.10. The number of fused-ring (bicyclic) bond motifs is 1. The SMILES string of the molecule is NNC(c1sccc1Br)C1CSc2ccccc21. The largest absolute Gasteiger partial charge is 0.271 e. The molecule has 0 spiro atoms. The molecule has 5 heteroatoms. The van der Waals surface area contributed by atoms with Gasteiger partial charge in [-0.15, -0.1) is 23.1 Å². The zero-order valence-corrected chi connectivity index (χ0v) is 12.8. The molecular formula is C13H13BrN2S2. The van der Waals surface area contributed by atoms with Crippen LogP contribution in [0.5, 0.6) is 0 Å². The second kappa shape index (κ2) is 5.35. The third-order valence-corrected chi connectivity index (χ3v) is 6.41. The third kappa shape index (κ3) is 2.14. The molecule has 0 bridgehead atoms. The Kier molecular flexibility index (Phi) is 3.77. The van der Waals surface area contributed by atoms with Crippen LogP contribution in [0.2, 0.25) is 0 Å². The van der Waals surface area contributed by atoms with Gasteiger partial charge in [0.25, 0.3) is 0 Å². The molecular weight excluding hydrogens is 328 g/mol. The van der Waals surface area contributed by atoms with E-state index in [9.17, 15) is 0 Å². The molecule has 1 aromatic carbocycles. The highest BCUT2D eigenvalue weighted by Crippen LogP contribution is 2.47. The summed E-state index contributed by atoms with van der Waals surface area (Å²) in [4.78, 5) is 2.66. The van der Waals surface area contributed by atoms with Crippen molar-refractivity contribution in [3.05, 3.63) is 50.6 Å². The molecule has 0 saturated heterocycles. The van der Waals surface area contributed by atoms with Crippen molar-refractivity contribution in [2.75, 3.05) is 5.75 Å². The molecule has 94 valence electrons. The lowest BCUT2D eigenvalue weighted by Crippen LogP contribution is -2.32. The molecule has 1 aromatic heterocycles. The van der Waals surface area contributed by atoms with Crippen molar-refractivity contribution in [1.29, 1.82) is 0 Å². The molecule has 3 N–H and O–H groups in total. The standard InChI is InChI=1S/C13H13BrN2S2/c14-10-5-6-17-13(10)12(16-15)9-7-18-11-4-2-1-3-8(9)11/h1-6,9,12,16H,7,15H2. The number of nitrogens with one attached hydrogen (secondary N) is 1. The Morgan fingerprint density at radius 3 is 2.89 bits per heavy atom. The summed E-state index contributed by atoms with van der Waals surface area (Å²) < 4.78 is 1.14. The first kappa shape index (κ1) is 12.7. The molecule has 0 aliphatic carbocycles. The van der Waals surface area contributed by atoms with Crippen molar-refractivity contribution < 1.29 is 0 Å². The number of rotatable bonds is 3. The quantitative estimate of drug-likeness (QED) is 0.657. The maximum absolute atomic E-state index is 5.80. The van der Waals surface area contributed by atoms with E-state index in [-0.39, 0.29) is 6.04 Å². The zero-order valence-electron chi connectivity index (χ0n) is 9.60. The summed E-state index contributed by atoms with van der Waals surface area (Å²) in [6.45, 7) is 0. The van der Waals surface area contributed by atoms with E-state index in [0.717, 1.165) is 10.2 Å². The van der Waals surface area contributed by atoms with E-state index in [1.807, 2.05) is 11.8 Å². The van der Waals surface area contributed by atoms with Gasteiger partial charge in [-0.3, -0.25) is 11.3 Å². The predicted octanol–water partition coefficient (Wildman–Crippen LogP) is 3.90. The van der Waals surface area contributed by atoms with Gasteiger partial charge in [0.1, 0.15) is 0 Å². The maximum Gasteiger partial charge on any atom is 0.0641 e. The molecule has 2 aromatic rings. The number of hydrazine groups is 1. The zero-order chi connectivity index (χ0) is 12.5. The molecule has 0 saturated carbocycles. The summed E-state index contributed by atoms with van der Waals surface area (Å²) in [6.07, 6.45) is 0. The highest BCUT2D eigenvalue weighted by Gasteiger charge is 2.32. The van der Waals surface area contributed by atoms with Crippen LogP contribution in [-0.4, -0.2) is 5.75 Å². The number of hydrogen-bond acceptors (Lipinski definition) is 4. The first-order valence-corrected chi connectivity index (χ1v) is 8.38. The molecule has 3 rings (SSSR count). The Bertz CT molecular complexity index is 555.